The normalized spacial score (nSPS) is 14.4. The van der Waals surface area contributed by atoms with Gasteiger partial charge in [0.2, 0.25) is 11.8 Å². The molecule has 0 aromatic heterocycles. The second-order valence-electron chi connectivity index (χ2n) is 9.95. The lowest BCUT2D eigenvalue weighted by Gasteiger charge is -2.34. The Labute approximate surface area is 256 Å². The molecule has 11 heteroatoms. The van der Waals surface area contributed by atoms with Crippen molar-refractivity contribution < 1.29 is 18.0 Å². The molecule has 1 aliphatic carbocycles. The minimum absolute atomic E-state index is 0.0115. The van der Waals surface area contributed by atoms with Crippen LogP contribution in [0.5, 0.6) is 0 Å². The summed E-state index contributed by atoms with van der Waals surface area (Å²) >= 11 is 19.1. The van der Waals surface area contributed by atoms with Crippen molar-refractivity contribution in [2.45, 2.75) is 62.6 Å². The van der Waals surface area contributed by atoms with Crippen LogP contribution in [0.4, 0.5) is 5.69 Å². The first-order chi connectivity index (χ1) is 19.6. The second kappa shape index (κ2) is 13.9. The average molecular weight is 637 g/mol. The maximum atomic E-state index is 14.2. The van der Waals surface area contributed by atoms with Crippen molar-refractivity contribution in [3.05, 3.63) is 93.4 Å². The molecule has 1 aliphatic rings. The van der Waals surface area contributed by atoms with Crippen molar-refractivity contribution in [2.24, 2.45) is 0 Å². The fourth-order valence-corrected chi connectivity index (χ4v) is 7.08. The lowest BCUT2D eigenvalue weighted by Crippen LogP contribution is -2.53. The Balaban J connectivity index is 1.75. The van der Waals surface area contributed by atoms with Crippen molar-refractivity contribution in [1.82, 2.24) is 10.2 Å². The molecule has 1 N–H and O–H groups in total. The molecule has 0 spiro atoms. The summed E-state index contributed by atoms with van der Waals surface area (Å²) in [5.41, 5.74) is 0.686. The molecule has 0 bridgehead atoms. The lowest BCUT2D eigenvalue weighted by atomic mass is 10.1. The highest BCUT2D eigenvalue weighted by atomic mass is 35.5. The topological polar surface area (TPSA) is 86.8 Å². The first-order valence-corrected chi connectivity index (χ1v) is 16.0. The predicted molar refractivity (Wildman–Crippen MR) is 164 cm³/mol. The number of hydrogen-bond donors (Lipinski definition) is 1. The summed E-state index contributed by atoms with van der Waals surface area (Å²) in [6, 6.07) is 18.4. The fraction of sp³-hybridized carbons (Fsp3) is 0.333. The summed E-state index contributed by atoms with van der Waals surface area (Å²) in [6.07, 6.45) is 4.17. The smallest absolute Gasteiger partial charge is 0.264 e. The Morgan fingerprint density at radius 1 is 0.927 bits per heavy atom. The quantitative estimate of drug-likeness (QED) is 0.254. The van der Waals surface area contributed by atoms with Crippen LogP contribution in [-0.2, 0) is 26.2 Å². The van der Waals surface area contributed by atoms with E-state index in [1.807, 2.05) is 6.92 Å². The Morgan fingerprint density at radius 2 is 1.59 bits per heavy atom. The number of carbonyl (C=O) groups is 2. The van der Waals surface area contributed by atoms with E-state index in [1.165, 1.54) is 35.2 Å². The van der Waals surface area contributed by atoms with E-state index in [1.54, 1.807) is 42.5 Å². The summed E-state index contributed by atoms with van der Waals surface area (Å²) in [6.45, 7) is 1.21. The zero-order chi connectivity index (χ0) is 29.6. The molecule has 1 atom stereocenters. The lowest BCUT2D eigenvalue weighted by molar-refractivity contribution is -0.140. The number of nitrogens with zero attached hydrogens (tertiary/aromatic N) is 2. The van der Waals surface area contributed by atoms with Gasteiger partial charge in [-0.3, -0.25) is 13.9 Å². The zero-order valence-electron chi connectivity index (χ0n) is 22.6. The summed E-state index contributed by atoms with van der Waals surface area (Å²) < 4.78 is 28.8. The van der Waals surface area contributed by atoms with Gasteiger partial charge in [0, 0.05) is 22.6 Å². The summed E-state index contributed by atoms with van der Waals surface area (Å²) in [5, 5.41) is 3.87. The van der Waals surface area contributed by atoms with Crippen LogP contribution < -0.4 is 9.62 Å². The SMILES string of the molecule is CC[C@@H](C(=O)NC1CCCC1)N(Cc1ccccc1Cl)C(=O)CN(c1cc(Cl)ccc1Cl)S(=O)(=O)c1ccccc1. The van der Waals surface area contributed by atoms with Crippen molar-refractivity contribution in [3.8, 4) is 0 Å². The van der Waals surface area contributed by atoms with Gasteiger partial charge in [-0.15, -0.1) is 0 Å². The molecular weight excluding hydrogens is 605 g/mol. The van der Waals surface area contributed by atoms with E-state index >= 15 is 0 Å². The molecule has 1 fully saturated rings. The number of rotatable bonds is 11. The van der Waals surface area contributed by atoms with Gasteiger partial charge in [0.05, 0.1) is 15.6 Å². The van der Waals surface area contributed by atoms with Crippen LogP contribution >= 0.6 is 34.8 Å². The van der Waals surface area contributed by atoms with Gasteiger partial charge in [-0.1, -0.05) is 91.0 Å². The molecule has 0 saturated heterocycles. The highest BCUT2D eigenvalue weighted by Gasteiger charge is 2.35. The first-order valence-electron chi connectivity index (χ1n) is 13.5. The van der Waals surface area contributed by atoms with Gasteiger partial charge in [0.1, 0.15) is 12.6 Å². The average Bonchev–Trinajstić information content (AvgIpc) is 3.47. The number of carbonyl (C=O) groups excluding carboxylic acids is 2. The van der Waals surface area contributed by atoms with Crippen LogP contribution in [0.1, 0.15) is 44.6 Å². The number of anilines is 1. The third-order valence-corrected chi connectivity index (χ3v) is 9.87. The maximum absolute atomic E-state index is 14.2. The van der Waals surface area contributed by atoms with Crippen molar-refractivity contribution >= 4 is 62.3 Å². The van der Waals surface area contributed by atoms with E-state index in [9.17, 15) is 18.0 Å². The van der Waals surface area contributed by atoms with Crippen LogP contribution in [-0.4, -0.2) is 43.8 Å². The van der Waals surface area contributed by atoms with Crippen LogP contribution in [0.3, 0.4) is 0 Å². The van der Waals surface area contributed by atoms with Gasteiger partial charge in [-0.05, 0) is 61.2 Å². The molecule has 3 aromatic carbocycles. The van der Waals surface area contributed by atoms with Gasteiger partial charge < -0.3 is 10.2 Å². The number of halogens is 3. The Kier molecular flexibility index (Phi) is 10.6. The summed E-state index contributed by atoms with van der Waals surface area (Å²) in [7, 11) is -4.26. The van der Waals surface area contributed by atoms with Crippen LogP contribution in [0.2, 0.25) is 15.1 Å². The molecule has 3 aromatic rings. The van der Waals surface area contributed by atoms with Crippen molar-refractivity contribution in [1.29, 1.82) is 0 Å². The van der Waals surface area contributed by atoms with Gasteiger partial charge in [0.25, 0.3) is 10.0 Å². The Morgan fingerprint density at radius 3 is 2.24 bits per heavy atom. The van der Waals surface area contributed by atoms with E-state index in [4.69, 9.17) is 34.8 Å². The van der Waals surface area contributed by atoms with E-state index in [-0.39, 0.29) is 39.1 Å². The summed E-state index contributed by atoms with van der Waals surface area (Å²) in [5.74, 6) is -0.869. The van der Waals surface area contributed by atoms with Crippen molar-refractivity contribution in [3.63, 3.8) is 0 Å². The molecule has 7 nitrogen and oxygen atoms in total. The standard InChI is InChI=1S/C30H32Cl3N3O4S/c1-2-27(30(38)34-23-11-7-8-12-23)35(19-21-10-6-9-15-25(21)32)29(37)20-36(28-18-22(31)16-17-26(28)33)41(39,40)24-13-4-3-5-14-24/h3-6,9-10,13-18,23,27H,2,7-8,11-12,19-20H2,1H3,(H,34,38)/t27-/m0/s1. The van der Waals surface area contributed by atoms with Crippen LogP contribution in [0.25, 0.3) is 0 Å². The molecule has 4 rings (SSSR count). The Bertz CT molecular complexity index is 1480. The van der Waals surface area contributed by atoms with Crippen LogP contribution in [0, 0.1) is 0 Å². The molecule has 0 radical (unpaired) electrons. The number of benzene rings is 3. The molecular formula is C30H32Cl3N3O4S. The largest absolute Gasteiger partial charge is 0.352 e. The monoisotopic (exact) mass is 635 g/mol. The third-order valence-electron chi connectivity index (χ3n) is 7.17. The molecule has 0 heterocycles. The molecule has 41 heavy (non-hydrogen) atoms. The number of sulfonamides is 1. The Hall–Kier alpha value is -2.78. The minimum Gasteiger partial charge on any atom is -0.352 e. The minimum atomic E-state index is -4.26. The van der Waals surface area contributed by atoms with E-state index in [2.05, 4.69) is 5.32 Å². The van der Waals surface area contributed by atoms with E-state index < -0.39 is 28.5 Å². The van der Waals surface area contributed by atoms with Crippen molar-refractivity contribution in [2.75, 3.05) is 10.8 Å². The van der Waals surface area contributed by atoms with Gasteiger partial charge >= 0.3 is 0 Å². The second-order valence-corrected chi connectivity index (χ2v) is 13.1. The first kappa shape index (κ1) is 31.2. The highest BCUT2D eigenvalue weighted by Crippen LogP contribution is 2.33. The number of hydrogen-bond acceptors (Lipinski definition) is 4. The fourth-order valence-electron chi connectivity index (χ4n) is 5.01. The third kappa shape index (κ3) is 7.55. The van der Waals surface area contributed by atoms with E-state index in [0.29, 0.717) is 17.0 Å². The summed E-state index contributed by atoms with van der Waals surface area (Å²) in [4.78, 5) is 29.1. The maximum Gasteiger partial charge on any atom is 0.264 e. The zero-order valence-corrected chi connectivity index (χ0v) is 25.7. The molecule has 1 saturated carbocycles. The predicted octanol–water partition coefficient (Wildman–Crippen LogP) is 6.71. The van der Waals surface area contributed by atoms with Gasteiger partial charge in [-0.2, -0.15) is 0 Å². The number of amides is 2. The molecule has 218 valence electrons. The highest BCUT2D eigenvalue weighted by molar-refractivity contribution is 7.92. The van der Waals surface area contributed by atoms with Crippen LogP contribution in [0.15, 0.2) is 77.7 Å². The molecule has 0 unspecified atom stereocenters. The molecule has 0 aliphatic heterocycles. The number of nitrogens with one attached hydrogen (secondary N) is 1. The molecule has 2 amide bonds. The van der Waals surface area contributed by atoms with Gasteiger partial charge in [0.15, 0.2) is 0 Å². The van der Waals surface area contributed by atoms with Gasteiger partial charge in [-0.25, -0.2) is 8.42 Å². The van der Waals surface area contributed by atoms with E-state index in [0.717, 1.165) is 30.0 Å².